The van der Waals surface area contributed by atoms with Gasteiger partial charge in [0, 0.05) is 18.0 Å². The van der Waals surface area contributed by atoms with Crippen molar-refractivity contribution >= 4 is 16.5 Å². The summed E-state index contributed by atoms with van der Waals surface area (Å²) in [5.41, 5.74) is 9.19. The quantitative estimate of drug-likeness (QED) is 0.397. The molecule has 1 aliphatic heterocycles. The van der Waals surface area contributed by atoms with Crippen LogP contribution in [0.4, 0.5) is 0 Å². The average molecular weight is 412 g/mol. The zero-order valence-corrected chi connectivity index (χ0v) is 17.5. The Morgan fingerprint density at radius 3 is 2.84 bits per heavy atom. The van der Waals surface area contributed by atoms with Crippen molar-refractivity contribution in [2.45, 2.75) is 38.6 Å². The predicted molar refractivity (Wildman–Crippen MR) is 123 cm³/mol. The van der Waals surface area contributed by atoms with Gasteiger partial charge in [-0.05, 0) is 77.8 Å². The van der Waals surface area contributed by atoms with Gasteiger partial charge in [-0.25, -0.2) is 4.98 Å². The molecule has 0 fully saturated rings. The number of phenols is 1. The zero-order valence-electron chi connectivity index (χ0n) is 17.5. The number of benzene rings is 2. The SMILES string of the molecule is CCC1CC(c2cnc(-c3n[nH]c4cc5c(cc34)CCc3cc(O)ccc3-5)[nH]2)=CCN1. The van der Waals surface area contributed by atoms with Crippen LogP contribution in [0.25, 0.3) is 39.1 Å². The lowest BCUT2D eigenvalue weighted by Gasteiger charge is -2.22. The molecule has 0 saturated carbocycles. The molecule has 4 N–H and O–H groups in total. The van der Waals surface area contributed by atoms with E-state index in [1.54, 1.807) is 6.07 Å². The fraction of sp³-hybridized carbons (Fsp3) is 0.280. The van der Waals surface area contributed by atoms with E-state index in [0.29, 0.717) is 11.8 Å². The number of nitrogens with zero attached hydrogens (tertiary/aromatic N) is 2. The summed E-state index contributed by atoms with van der Waals surface area (Å²) in [6, 6.07) is 10.6. The van der Waals surface area contributed by atoms with Crippen LogP contribution in [0.1, 0.15) is 36.6 Å². The van der Waals surface area contributed by atoms with Crippen molar-refractivity contribution in [3.8, 4) is 28.4 Å². The van der Waals surface area contributed by atoms with Crippen molar-refractivity contribution in [2.75, 3.05) is 6.54 Å². The first kappa shape index (κ1) is 18.4. The monoisotopic (exact) mass is 411 g/mol. The van der Waals surface area contributed by atoms with Crippen molar-refractivity contribution in [3.05, 3.63) is 59.4 Å². The average Bonchev–Trinajstić information content (AvgIpc) is 3.44. The summed E-state index contributed by atoms with van der Waals surface area (Å²) in [6.45, 7) is 3.12. The third-order valence-electron chi connectivity index (χ3n) is 6.69. The minimum absolute atomic E-state index is 0.329. The summed E-state index contributed by atoms with van der Waals surface area (Å²) in [5, 5.41) is 22.2. The molecule has 3 heterocycles. The molecule has 6 rings (SSSR count). The van der Waals surface area contributed by atoms with E-state index in [-0.39, 0.29) is 0 Å². The van der Waals surface area contributed by atoms with E-state index >= 15 is 0 Å². The lowest BCUT2D eigenvalue weighted by atomic mass is 9.84. The van der Waals surface area contributed by atoms with Crippen molar-refractivity contribution < 1.29 is 5.11 Å². The third kappa shape index (κ3) is 3.06. The molecular formula is C25H25N5O. The second-order valence-electron chi connectivity index (χ2n) is 8.56. The van der Waals surface area contributed by atoms with Gasteiger partial charge in [-0.2, -0.15) is 5.10 Å². The molecule has 0 spiro atoms. The fourth-order valence-corrected chi connectivity index (χ4v) is 4.95. The number of nitrogens with one attached hydrogen (secondary N) is 3. The van der Waals surface area contributed by atoms with Crippen LogP contribution in [0.2, 0.25) is 0 Å². The lowest BCUT2D eigenvalue weighted by Crippen LogP contribution is -2.32. The fourth-order valence-electron chi connectivity index (χ4n) is 4.95. The highest BCUT2D eigenvalue weighted by molar-refractivity contribution is 5.96. The van der Waals surface area contributed by atoms with E-state index in [1.807, 2.05) is 18.3 Å². The van der Waals surface area contributed by atoms with Gasteiger partial charge in [-0.15, -0.1) is 0 Å². The molecule has 4 aromatic rings. The molecule has 31 heavy (non-hydrogen) atoms. The number of aromatic amines is 2. The molecule has 6 nitrogen and oxygen atoms in total. The van der Waals surface area contributed by atoms with Crippen LogP contribution in [-0.2, 0) is 12.8 Å². The lowest BCUT2D eigenvalue weighted by molar-refractivity contribution is 0.474. The van der Waals surface area contributed by atoms with E-state index in [1.165, 1.54) is 27.8 Å². The molecule has 2 aromatic heterocycles. The van der Waals surface area contributed by atoms with Crippen molar-refractivity contribution in [2.24, 2.45) is 0 Å². The molecule has 0 saturated heterocycles. The molecule has 2 aliphatic rings. The van der Waals surface area contributed by atoms with E-state index in [4.69, 9.17) is 0 Å². The number of H-pyrrole nitrogens is 2. The maximum atomic E-state index is 9.83. The van der Waals surface area contributed by atoms with Gasteiger partial charge in [0.05, 0.1) is 17.4 Å². The molecular weight excluding hydrogens is 386 g/mol. The predicted octanol–water partition coefficient (Wildman–Crippen LogP) is 4.58. The second kappa shape index (κ2) is 7.10. The van der Waals surface area contributed by atoms with Gasteiger partial charge < -0.3 is 15.4 Å². The Labute approximate surface area is 180 Å². The van der Waals surface area contributed by atoms with Gasteiger partial charge in [0.2, 0.25) is 0 Å². The summed E-state index contributed by atoms with van der Waals surface area (Å²) in [4.78, 5) is 8.17. The van der Waals surface area contributed by atoms with E-state index in [2.05, 4.69) is 50.6 Å². The molecule has 6 heteroatoms. The molecule has 1 atom stereocenters. The molecule has 2 aromatic carbocycles. The standard InChI is InChI=1S/C25H25N5O/c1-2-17-9-16(7-8-26-17)23-13-27-25(28-23)24-21-11-15-4-3-14-10-18(31)5-6-19(14)20(15)12-22(21)29-30-24/h5-7,10-13,17,26,31H,2-4,8-9H2,1H3,(H,27,28)(H,29,30). The second-order valence-corrected chi connectivity index (χ2v) is 8.56. The van der Waals surface area contributed by atoms with Crippen LogP contribution in [-0.4, -0.2) is 37.9 Å². The molecule has 0 bridgehead atoms. The molecule has 0 amide bonds. The Bertz CT molecular complexity index is 1330. The van der Waals surface area contributed by atoms with Crippen molar-refractivity contribution in [3.63, 3.8) is 0 Å². The highest BCUT2D eigenvalue weighted by Crippen LogP contribution is 2.39. The van der Waals surface area contributed by atoms with Crippen LogP contribution in [0.3, 0.4) is 0 Å². The van der Waals surface area contributed by atoms with E-state index in [0.717, 1.165) is 60.3 Å². The van der Waals surface area contributed by atoms with Gasteiger partial charge >= 0.3 is 0 Å². The number of aromatic nitrogens is 4. The summed E-state index contributed by atoms with van der Waals surface area (Å²) >= 11 is 0. The summed E-state index contributed by atoms with van der Waals surface area (Å²) in [6.07, 6.45) is 8.20. The number of rotatable bonds is 3. The topological polar surface area (TPSA) is 89.6 Å². The smallest absolute Gasteiger partial charge is 0.159 e. The Kier molecular flexibility index (Phi) is 4.21. The first-order chi connectivity index (χ1) is 15.2. The van der Waals surface area contributed by atoms with Gasteiger partial charge in [0.15, 0.2) is 5.82 Å². The number of fused-ring (bicyclic) bond motifs is 4. The Morgan fingerprint density at radius 2 is 1.97 bits per heavy atom. The maximum Gasteiger partial charge on any atom is 0.159 e. The van der Waals surface area contributed by atoms with Crippen LogP contribution >= 0.6 is 0 Å². The zero-order chi connectivity index (χ0) is 20.9. The van der Waals surface area contributed by atoms with E-state index in [9.17, 15) is 5.11 Å². The minimum Gasteiger partial charge on any atom is -0.508 e. The summed E-state index contributed by atoms with van der Waals surface area (Å²) in [5.74, 6) is 1.13. The largest absolute Gasteiger partial charge is 0.508 e. The van der Waals surface area contributed by atoms with Gasteiger partial charge in [0.25, 0.3) is 0 Å². The number of aryl methyl sites for hydroxylation is 2. The number of aromatic hydroxyl groups is 1. The normalized spacial score (nSPS) is 18.0. The molecule has 0 radical (unpaired) electrons. The van der Waals surface area contributed by atoms with Crippen LogP contribution in [0.15, 0.2) is 42.6 Å². The van der Waals surface area contributed by atoms with Crippen LogP contribution in [0.5, 0.6) is 5.75 Å². The first-order valence-electron chi connectivity index (χ1n) is 11.0. The number of hydrogen-bond acceptors (Lipinski definition) is 4. The van der Waals surface area contributed by atoms with E-state index < -0.39 is 0 Å². The molecule has 1 aliphatic carbocycles. The third-order valence-corrected chi connectivity index (χ3v) is 6.69. The highest BCUT2D eigenvalue weighted by Gasteiger charge is 2.21. The van der Waals surface area contributed by atoms with Crippen LogP contribution in [0, 0.1) is 0 Å². The van der Waals surface area contributed by atoms with Gasteiger partial charge in [0.1, 0.15) is 11.4 Å². The van der Waals surface area contributed by atoms with Gasteiger partial charge in [-0.1, -0.05) is 19.1 Å². The highest BCUT2D eigenvalue weighted by atomic mass is 16.3. The van der Waals surface area contributed by atoms with Crippen molar-refractivity contribution in [1.82, 2.24) is 25.5 Å². The number of imidazole rings is 1. The number of hydrogen-bond donors (Lipinski definition) is 4. The first-order valence-corrected chi connectivity index (χ1v) is 11.0. The summed E-state index contributed by atoms with van der Waals surface area (Å²) in [7, 11) is 0. The Balaban J connectivity index is 1.39. The maximum absolute atomic E-state index is 9.83. The Morgan fingerprint density at radius 1 is 1.10 bits per heavy atom. The number of phenolic OH excluding ortho intramolecular Hbond substituents is 1. The Hall–Kier alpha value is -3.38. The van der Waals surface area contributed by atoms with Gasteiger partial charge in [-0.3, -0.25) is 5.10 Å². The van der Waals surface area contributed by atoms with Crippen LogP contribution < -0.4 is 5.32 Å². The molecule has 156 valence electrons. The molecule has 1 unspecified atom stereocenters. The summed E-state index contributed by atoms with van der Waals surface area (Å²) < 4.78 is 0. The minimum atomic E-state index is 0.329. The van der Waals surface area contributed by atoms with Crippen molar-refractivity contribution in [1.29, 1.82) is 0 Å².